The second-order valence-electron chi connectivity index (χ2n) is 8.67. The highest BCUT2D eigenvalue weighted by atomic mass is 16.5. The van der Waals surface area contributed by atoms with Crippen molar-refractivity contribution >= 4 is 11.8 Å². The van der Waals surface area contributed by atoms with E-state index < -0.39 is 5.91 Å². The molecule has 1 saturated heterocycles. The number of H-pyrrole nitrogens is 1. The number of aromatic nitrogens is 2. The lowest BCUT2D eigenvalue weighted by Crippen LogP contribution is -2.40. The number of likely N-dealkylation sites (tertiary alicyclic amines) is 1. The Morgan fingerprint density at radius 1 is 1.09 bits per heavy atom. The van der Waals surface area contributed by atoms with Gasteiger partial charge in [-0.1, -0.05) is 29.8 Å². The fraction of sp³-hybridized carbons (Fsp3) is 0.346. The third kappa shape index (κ3) is 4.77. The minimum absolute atomic E-state index is 0.133. The molecule has 0 radical (unpaired) electrons. The maximum atomic E-state index is 13.0. The first-order valence-electron chi connectivity index (χ1n) is 11.3. The SMILES string of the molecule is COc1ccc(-c2nc(C3CCN(C(=O)C(C)c4ccc(C)cc4)CC3)[nH]c2C(N)=O)cc1. The van der Waals surface area contributed by atoms with Gasteiger partial charge < -0.3 is 20.4 Å². The fourth-order valence-corrected chi connectivity index (χ4v) is 4.37. The number of primary amides is 1. The van der Waals surface area contributed by atoms with E-state index in [1.54, 1.807) is 7.11 Å². The molecule has 0 aliphatic carbocycles. The molecule has 3 N–H and O–H groups in total. The van der Waals surface area contributed by atoms with E-state index in [9.17, 15) is 9.59 Å². The number of ether oxygens (including phenoxy) is 1. The van der Waals surface area contributed by atoms with Crippen molar-refractivity contribution in [3.05, 3.63) is 71.2 Å². The number of methoxy groups -OCH3 is 1. The molecular weight excluding hydrogens is 416 g/mol. The summed E-state index contributed by atoms with van der Waals surface area (Å²) in [5.41, 5.74) is 9.49. The molecule has 0 spiro atoms. The number of nitrogens with two attached hydrogens (primary N) is 1. The molecule has 2 aromatic carbocycles. The van der Waals surface area contributed by atoms with Crippen molar-refractivity contribution < 1.29 is 14.3 Å². The number of hydrogen-bond acceptors (Lipinski definition) is 4. The molecule has 2 heterocycles. The number of carbonyl (C=O) groups is 2. The fourth-order valence-electron chi connectivity index (χ4n) is 4.37. The minimum Gasteiger partial charge on any atom is -0.497 e. The van der Waals surface area contributed by atoms with Crippen LogP contribution in [-0.2, 0) is 4.79 Å². The number of nitrogens with zero attached hydrogens (tertiary/aromatic N) is 2. The highest BCUT2D eigenvalue weighted by Gasteiger charge is 2.30. The van der Waals surface area contributed by atoms with Gasteiger partial charge in [0.1, 0.15) is 23.0 Å². The largest absolute Gasteiger partial charge is 0.497 e. The first-order chi connectivity index (χ1) is 15.9. The normalized spacial score (nSPS) is 15.3. The second kappa shape index (κ2) is 9.48. The summed E-state index contributed by atoms with van der Waals surface area (Å²) in [6, 6.07) is 15.5. The van der Waals surface area contributed by atoms with Crippen LogP contribution in [0.15, 0.2) is 48.5 Å². The number of carbonyl (C=O) groups excluding carboxylic acids is 2. The molecule has 7 heteroatoms. The number of rotatable bonds is 6. The number of aryl methyl sites for hydroxylation is 1. The lowest BCUT2D eigenvalue weighted by Gasteiger charge is -2.33. The van der Waals surface area contributed by atoms with Gasteiger partial charge in [-0.2, -0.15) is 0 Å². The molecule has 172 valence electrons. The van der Waals surface area contributed by atoms with Gasteiger partial charge in [0.05, 0.1) is 13.0 Å². The Bertz CT molecular complexity index is 1130. The summed E-state index contributed by atoms with van der Waals surface area (Å²) in [6.07, 6.45) is 1.56. The average molecular weight is 447 g/mol. The standard InChI is InChI=1S/C26H30N4O3/c1-16-4-6-18(7-5-16)17(2)26(32)30-14-12-20(13-15-30)25-28-22(23(29-25)24(27)31)19-8-10-21(33-3)11-9-19/h4-11,17,20H,12-15H2,1-3H3,(H2,27,31)(H,28,29). The molecule has 0 saturated carbocycles. The molecular formula is C26H30N4O3. The summed E-state index contributed by atoms with van der Waals surface area (Å²) in [4.78, 5) is 34.9. The minimum atomic E-state index is -0.542. The van der Waals surface area contributed by atoms with Crippen molar-refractivity contribution in [2.24, 2.45) is 5.73 Å². The number of hydrogen-bond donors (Lipinski definition) is 2. The number of aromatic amines is 1. The third-order valence-electron chi connectivity index (χ3n) is 6.47. The number of amides is 2. The van der Waals surface area contributed by atoms with E-state index in [-0.39, 0.29) is 17.7 Å². The summed E-state index contributed by atoms with van der Waals surface area (Å²) in [6.45, 7) is 5.32. The van der Waals surface area contributed by atoms with Crippen molar-refractivity contribution in [1.29, 1.82) is 0 Å². The zero-order valence-corrected chi connectivity index (χ0v) is 19.3. The Hall–Kier alpha value is -3.61. The van der Waals surface area contributed by atoms with E-state index >= 15 is 0 Å². The number of nitrogens with one attached hydrogen (secondary N) is 1. The van der Waals surface area contributed by atoms with Crippen LogP contribution in [0.4, 0.5) is 0 Å². The molecule has 7 nitrogen and oxygen atoms in total. The van der Waals surface area contributed by atoms with Gasteiger partial charge in [-0.05, 0) is 56.5 Å². The zero-order chi connectivity index (χ0) is 23.5. The first kappa shape index (κ1) is 22.6. The van der Waals surface area contributed by atoms with Crippen LogP contribution in [0.3, 0.4) is 0 Å². The highest BCUT2D eigenvalue weighted by Crippen LogP contribution is 2.32. The van der Waals surface area contributed by atoms with E-state index in [1.165, 1.54) is 5.56 Å². The maximum Gasteiger partial charge on any atom is 0.267 e. The Labute approximate surface area is 194 Å². The van der Waals surface area contributed by atoms with Gasteiger partial charge in [-0.3, -0.25) is 9.59 Å². The van der Waals surface area contributed by atoms with E-state index in [4.69, 9.17) is 15.5 Å². The molecule has 1 atom stereocenters. The molecule has 4 rings (SSSR count). The van der Waals surface area contributed by atoms with Crippen LogP contribution in [0.2, 0.25) is 0 Å². The Morgan fingerprint density at radius 2 is 1.73 bits per heavy atom. The van der Waals surface area contributed by atoms with Gasteiger partial charge in [-0.25, -0.2) is 4.98 Å². The number of piperidine rings is 1. The maximum absolute atomic E-state index is 13.0. The Kier molecular flexibility index (Phi) is 6.49. The highest BCUT2D eigenvalue weighted by molar-refractivity contribution is 5.97. The van der Waals surface area contributed by atoms with Crippen LogP contribution >= 0.6 is 0 Å². The van der Waals surface area contributed by atoms with Crippen molar-refractivity contribution in [3.63, 3.8) is 0 Å². The van der Waals surface area contributed by atoms with Crippen molar-refractivity contribution in [2.75, 3.05) is 20.2 Å². The van der Waals surface area contributed by atoms with Crippen molar-refractivity contribution in [1.82, 2.24) is 14.9 Å². The molecule has 1 unspecified atom stereocenters. The van der Waals surface area contributed by atoms with Gasteiger partial charge in [0.15, 0.2) is 0 Å². The third-order valence-corrected chi connectivity index (χ3v) is 6.47. The van der Waals surface area contributed by atoms with Crippen molar-refractivity contribution in [3.8, 4) is 17.0 Å². The first-order valence-corrected chi connectivity index (χ1v) is 11.3. The quantitative estimate of drug-likeness (QED) is 0.597. The van der Waals surface area contributed by atoms with Gasteiger partial charge >= 0.3 is 0 Å². The van der Waals surface area contributed by atoms with Crippen LogP contribution in [0.5, 0.6) is 5.75 Å². The van der Waals surface area contributed by atoms with Gasteiger partial charge in [0.25, 0.3) is 5.91 Å². The lowest BCUT2D eigenvalue weighted by atomic mass is 9.93. The monoisotopic (exact) mass is 446 g/mol. The van der Waals surface area contributed by atoms with Gasteiger partial charge in [0, 0.05) is 24.6 Å². The lowest BCUT2D eigenvalue weighted by molar-refractivity contribution is -0.133. The summed E-state index contributed by atoms with van der Waals surface area (Å²) in [5, 5.41) is 0. The summed E-state index contributed by atoms with van der Waals surface area (Å²) in [7, 11) is 1.61. The number of benzene rings is 2. The summed E-state index contributed by atoms with van der Waals surface area (Å²) < 4.78 is 5.21. The topological polar surface area (TPSA) is 101 Å². The van der Waals surface area contributed by atoms with Gasteiger partial charge in [0.2, 0.25) is 5.91 Å². The van der Waals surface area contributed by atoms with E-state index in [0.29, 0.717) is 24.5 Å². The second-order valence-corrected chi connectivity index (χ2v) is 8.67. The molecule has 1 fully saturated rings. The van der Waals surface area contributed by atoms with Crippen LogP contribution < -0.4 is 10.5 Å². The molecule has 1 aliphatic rings. The Morgan fingerprint density at radius 3 is 2.30 bits per heavy atom. The van der Waals surface area contributed by atoms with Crippen LogP contribution in [0.25, 0.3) is 11.3 Å². The molecule has 1 aliphatic heterocycles. The predicted octanol–water partition coefficient (Wildman–Crippen LogP) is 4.00. The van der Waals surface area contributed by atoms with Crippen LogP contribution in [0, 0.1) is 6.92 Å². The van der Waals surface area contributed by atoms with Crippen molar-refractivity contribution in [2.45, 2.75) is 38.5 Å². The van der Waals surface area contributed by atoms with E-state index in [2.05, 4.69) is 4.98 Å². The molecule has 1 aromatic heterocycles. The summed E-state index contributed by atoms with van der Waals surface area (Å²) >= 11 is 0. The summed E-state index contributed by atoms with van der Waals surface area (Å²) in [5.74, 6) is 1.04. The number of imidazole rings is 1. The average Bonchev–Trinajstić information content (AvgIpc) is 3.30. The van der Waals surface area contributed by atoms with Crippen LogP contribution in [0.1, 0.15) is 59.0 Å². The smallest absolute Gasteiger partial charge is 0.267 e. The zero-order valence-electron chi connectivity index (χ0n) is 19.3. The molecule has 33 heavy (non-hydrogen) atoms. The molecule has 2 amide bonds. The molecule has 0 bridgehead atoms. The molecule has 3 aromatic rings. The van der Waals surface area contributed by atoms with E-state index in [1.807, 2.05) is 67.3 Å². The van der Waals surface area contributed by atoms with E-state index in [0.717, 1.165) is 35.5 Å². The predicted molar refractivity (Wildman–Crippen MR) is 127 cm³/mol. The Balaban J connectivity index is 1.46. The van der Waals surface area contributed by atoms with Crippen LogP contribution in [-0.4, -0.2) is 46.9 Å². The van der Waals surface area contributed by atoms with Gasteiger partial charge in [-0.15, -0.1) is 0 Å².